The highest BCUT2D eigenvalue weighted by atomic mass is 32.2. The highest BCUT2D eigenvalue weighted by Gasteiger charge is 2.30. The van der Waals surface area contributed by atoms with Gasteiger partial charge in [-0.25, -0.2) is 22.8 Å². The number of aromatic nitrogens is 4. The van der Waals surface area contributed by atoms with Crippen molar-refractivity contribution in [3.8, 4) is 11.1 Å². The van der Waals surface area contributed by atoms with Crippen LogP contribution in [0.5, 0.6) is 0 Å². The van der Waals surface area contributed by atoms with Crippen LogP contribution in [0.25, 0.3) is 22.2 Å². The van der Waals surface area contributed by atoms with E-state index in [0.717, 1.165) is 25.7 Å². The van der Waals surface area contributed by atoms with Gasteiger partial charge in [-0.1, -0.05) is 0 Å². The molecule has 0 amide bonds. The summed E-state index contributed by atoms with van der Waals surface area (Å²) in [6.07, 6.45) is 0.475. The third-order valence-electron chi connectivity index (χ3n) is 7.37. The minimum atomic E-state index is -4.60. The zero-order valence-corrected chi connectivity index (χ0v) is 24.5. The largest absolute Gasteiger partial charge is 0.390 e. The Kier molecular flexibility index (Phi) is 9.70. The number of hydrogen-bond acceptors (Lipinski definition) is 8. The van der Waals surface area contributed by atoms with E-state index >= 15 is 0 Å². The van der Waals surface area contributed by atoms with Crippen LogP contribution in [0.1, 0.15) is 52.0 Å². The molecular formula is C27H35F4N7O3S. The third kappa shape index (κ3) is 7.94. The Labute approximate surface area is 241 Å². The lowest BCUT2D eigenvalue weighted by Gasteiger charge is -2.34. The number of sulfonamides is 1. The van der Waals surface area contributed by atoms with Gasteiger partial charge in [0.2, 0.25) is 16.0 Å². The van der Waals surface area contributed by atoms with Crippen molar-refractivity contribution in [2.24, 2.45) is 0 Å². The van der Waals surface area contributed by atoms with E-state index in [1.54, 1.807) is 16.8 Å². The summed E-state index contributed by atoms with van der Waals surface area (Å²) in [6, 6.07) is 4.65. The van der Waals surface area contributed by atoms with Crippen molar-refractivity contribution in [3.05, 3.63) is 40.9 Å². The van der Waals surface area contributed by atoms with Crippen LogP contribution in [-0.2, 0) is 10.0 Å². The van der Waals surface area contributed by atoms with Crippen molar-refractivity contribution in [1.82, 2.24) is 24.4 Å². The first-order chi connectivity index (χ1) is 19.8. The molecule has 3 heterocycles. The second kappa shape index (κ2) is 12.9. The Morgan fingerprint density at radius 1 is 1.12 bits per heavy atom. The maximum absolute atomic E-state index is 13.6. The normalized spacial score (nSPS) is 18.1. The number of rotatable bonds is 11. The molecule has 0 spiro atoms. The van der Waals surface area contributed by atoms with E-state index in [1.165, 1.54) is 18.3 Å². The van der Waals surface area contributed by atoms with Gasteiger partial charge >= 0.3 is 6.18 Å². The molecule has 15 heteroatoms. The van der Waals surface area contributed by atoms with Gasteiger partial charge in [-0.2, -0.15) is 18.2 Å². The predicted molar refractivity (Wildman–Crippen MR) is 154 cm³/mol. The predicted octanol–water partition coefficient (Wildman–Crippen LogP) is 4.75. The summed E-state index contributed by atoms with van der Waals surface area (Å²) in [5, 5.41) is 3.99. The summed E-state index contributed by atoms with van der Waals surface area (Å²) < 4.78 is 77.6. The van der Waals surface area contributed by atoms with Crippen molar-refractivity contribution in [2.45, 2.75) is 70.3 Å². The summed E-state index contributed by atoms with van der Waals surface area (Å²) in [5.74, 6) is -0.874. The van der Waals surface area contributed by atoms with Gasteiger partial charge < -0.3 is 10.2 Å². The maximum Gasteiger partial charge on any atom is 0.390 e. The van der Waals surface area contributed by atoms with E-state index in [0.29, 0.717) is 35.1 Å². The highest BCUT2D eigenvalue weighted by molar-refractivity contribution is 7.92. The third-order valence-corrected chi connectivity index (χ3v) is 8.63. The minimum Gasteiger partial charge on any atom is -0.351 e. The minimum absolute atomic E-state index is 0.159. The van der Waals surface area contributed by atoms with Gasteiger partial charge in [0.1, 0.15) is 18.1 Å². The molecule has 4 rings (SSSR count). The first-order valence-electron chi connectivity index (χ1n) is 13.7. The van der Waals surface area contributed by atoms with E-state index in [-0.39, 0.29) is 35.7 Å². The van der Waals surface area contributed by atoms with E-state index in [9.17, 15) is 30.8 Å². The molecule has 0 atom stereocenters. The summed E-state index contributed by atoms with van der Waals surface area (Å²) in [7, 11) is -2.32. The number of hydrogen-bond donors (Lipinski definition) is 2. The zero-order valence-electron chi connectivity index (χ0n) is 23.7. The molecule has 3 aromatic rings. The van der Waals surface area contributed by atoms with Crippen LogP contribution < -0.4 is 15.6 Å². The maximum atomic E-state index is 13.6. The highest BCUT2D eigenvalue weighted by Crippen LogP contribution is 2.27. The van der Waals surface area contributed by atoms with Crippen LogP contribution in [0.15, 0.2) is 35.4 Å². The average molecular weight is 614 g/mol. The first-order valence-corrected chi connectivity index (χ1v) is 15.4. The Bertz CT molecular complexity index is 1540. The molecule has 42 heavy (non-hydrogen) atoms. The molecule has 1 aliphatic carbocycles. The van der Waals surface area contributed by atoms with Gasteiger partial charge in [0.25, 0.3) is 5.56 Å². The van der Waals surface area contributed by atoms with Gasteiger partial charge in [0.05, 0.1) is 12.2 Å². The fraction of sp³-hybridized carbons (Fsp3) is 0.556. The fourth-order valence-corrected chi connectivity index (χ4v) is 6.15. The molecule has 3 aromatic heterocycles. The topological polar surface area (TPSA) is 122 Å². The standard InChI is InChI=1S/C27H35F4N7O3S/c1-17(2)38-24-19(16-33-26(35-24)34-20-5-7-21(8-6-20)37(3)12-11-28)14-22(25(38)39)18-4-9-23(32-15-18)36-42(40,41)13-10-27(29,30)31/h4,9,14-17,20-21H,5-8,10-13H2,1-3H3,(H,32,36)(H,33,34,35)/t20-,21-. The van der Waals surface area contributed by atoms with Crippen LogP contribution in [0.4, 0.5) is 29.3 Å². The lowest BCUT2D eigenvalue weighted by atomic mass is 9.90. The molecule has 1 saturated carbocycles. The quantitative estimate of drug-likeness (QED) is 0.297. The van der Waals surface area contributed by atoms with Crippen molar-refractivity contribution in [1.29, 1.82) is 0 Å². The number of nitrogens with zero attached hydrogens (tertiary/aromatic N) is 5. The Balaban J connectivity index is 1.54. The average Bonchev–Trinajstić information content (AvgIpc) is 2.92. The summed E-state index contributed by atoms with van der Waals surface area (Å²) in [5.41, 5.74) is 0.801. The van der Waals surface area contributed by atoms with Gasteiger partial charge in [-0.05, 0) is 64.8 Å². The van der Waals surface area contributed by atoms with Crippen LogP contribution in [0, 0.1) is 0 Å². The summed E-state index contributed by atoms with van der Waals surface area (Å²) >= 11 is 0. The fourth-order valence-electron chi connectivity index (χ4n) is 5.11. The van der Waals surface area contributed by atoms with Crippen molar-refractivity contribution >= 4 is 32.8 Å². The monoisotopic (exact) mass is 613 g/mol. The van der Waals surface area contributed by atoms with Gasteiger partial charge in [0.15, 0.2) is 0 Å². The number of fused-ring (bicyclic) bond motifs is 1. The molecule has 0 radical (unpaired) electrons. The van der Waals surface area contributed by atoms with Crippen molar-refractivity contribution in [3.63, 3.8) is 0 Å². The second-order valence-corrected chi connectivity index (χ2v) is 12.7. The van der Waals surface area contributed by atoms with Gasteiger partial charge in [-0.3, -0.25) is 14.1 Å². The Hall–Kier alpha value is -3.33. The molecule has 230 valence electrons. The molecule has 2 N–H and O–H groups in total. The molecule has 1 aliphatic rings. The van der Waals surface area contributed by atoms with Crippen molar-refractivity contribution in [2.75, 3.05) is 36.1 Å². The lowest BCUT2D eigenvalue weighted by molar-refractivity contribution is -0.129. The van der Waals surface area contributed by atoms with Crippen LogP contribution >= 0.6 is 0 Å². The summed E-state index contributed by atoms with van der Waals surface area (Å²) in [4.78, 5) is 28.8. The molecule has 0 aromatic carbocycles. The zero-order chi connectivity index (χ0) is 30.7. The molecule has 0 aliphatic heterocycles. The lowest BCUT2D eigenvalue weighted by Crippen LogP contribution is -2.39. The van der Waals surface area contributed by atoms with E-state index in [4.69, 9.17) is 0 Å². The number of pyridine rings is 2. The molecule has 1 fully saturated rings. The Morgan fingerprint density at radius 3 is 2.43 bits per heavy atom. The Morgan fingerprint density at radius 2 is 1.83 bits per heavy atom. The van der Waals surface area contributed by atoms with Crippen molar-refractivity contribution < 1.29 is 26.0 Å². The van der Waals surface area contributed by atoms with E-state index < -0.39 is 28.4 Å². The molecule has 10 nitrogen and oxygen atoms in total. The molecule has 0 bridgehead atoms. The van der Waals surface area contributed by atoms with Gasteiger partial charge in [-0.15, -0.1) is 0 Å². The molecule has 0 unspecified atom stereocenters. The number of halogens is 4. The number of nitrogens with one attached hydrogen (secondary N) is 2. The first kappa shape index (κ1) is 31.6. The second-order valence-electron chi connectivity index (χ2n) is 10.8. The summed E-state index contributed by atoms with van der Waals surface area (Å²) in [6.45, 7) is 3.77. The SMILES string of the molecule is CC(C)n1c(=O)c(-c2ccc(NS(=O)(=O)CCC(F)(F)F)nc2)cc2cnc(N[C@H]3CC[C@H](N(C)CCF)CC3)nc21. The molecular weight excluding hydrogens is 578 g/mol. The van der Waals surface area contributed by atoms with E-state index in [2.05, 4.69) is 25.2 Å². The van der Waals surface area contributed by atoms with Crippen LogP contribution in [-0.4, -0.2) is 77.1 Å². The smallest absolute Gasteiger partial charge is 0.351 e. The van der Waals surface area contributed by atoms with E-state index in [1.807, 2.05) is 25.6 Å². The van der Waals surface area contributed by atoms with Gasteiger partial charge in [0, 0.05) is 53.6 Å². The number of alkyl halides is 4. The molecule has 0 saturated heterocycles. The van der Waals surface area contributed by atoms with Crippen LogP contribution in [0.3, 0.4) is 0 Å². The number of anilines is 2. The van der Waals surface area contributed by atoms with Crippen LogP contribution in [0.2, 0.25) is 0 Å².